The molecule has 6 nitrogen and oxygen atoms in total. The van der Waals surface area contributed by atoms with Gasteiger partial charge in [0, 0.05) is 21.2 Å². The smallest absolute Gasteiger partial charge is 0.313 e. The zero-order valence-corrected chi connectivity index (χ0v) is 9.44. The van der Waals surface area contributed by atoms with Crippen LogP contribution in [0.4, 0.5) is 0 Å². The Balaban J connectivity index is 0. The third kappa shape index (κ3) is 8.89. The van der Waals surface area contributed by atoms with Crippen molar-refractivity contribution in [2.75, 3.05) is 28.3 Å². The molecule has 0 fully saturated rings. The van der Waals surface area contributed by atoms with Gasteiger partial charge in [0.15, 0.2) is 5.78 Å². The highest BCUT2D eigenvalue weighted by Gasteiger charge is 2.14. The molecule has 0 rings (SSSR count). The van der Waals surface area contributed by atoms with E-state index in [1.54, 1.807) is 14.1 Å². The number of carbonyl (C=O) groups is 3. The summed E-state index contributed by atoms with van der Waals surface area (Å²) in [5.41, 5.74) is 0. The van der Waals surface area contributed by atoms with E-state index in [9.17, 15) is 14.4 Å². The van der Waals surface area contributed by atoms with Crippen molar-refractivity contribution in [1.82, 2.24) is 4.90 Å². The fourth-order valence-corrected chi connectivity index (χ4v) is 0.622. The molecule has 0 saturated carbocycles. The van der Waals surface area contributed by atoms with Crippen LogP contribution in [0.15, 0.2) is 0 Å². The fraction of sp³-hybridized carbons (Fsp3) is 0.667. The molecule has 0 spiro atoms. The number of aliphatic hydroxyl groups excluding tert-OH is 1. The van der Waals surface area contributed by atoms with Crippen LogP contribution in [0.25, 0.3) is 0 Å². The minimum Gasteiger partial charge on any atom is -0.469 e. The molecule has 6 heteroatoms. The summed E-state index contributed by atoms with van der Waals surface area (Å²) < 4.78 is 4.28. The molecule has 0 aliphatic rings. The van der Waals surface area contributed by atoms with E-state index in [0.29, 0.717) is 0 Å². The maximum absolute atomic E-state index is 11.0. The molecule has 1 N–H and O–H groups in total. The number of Topliss-reactive ketones (excluding diaryl/α,β-unsaturated/α-hetero) is 1. The maximum Gasteiger partial charge on any atom is 0.313 e. The Kier molecular flexibility index (Phi) is 9.76. The normalized spacial score (nSPS) is 8.33. The second kappa shape index (κ2) is 9.14. The molecule has 0 heterocycles. The number of methoxy groups -OCH3 is 1. The number of carbonyl (C=O) groups excluding carboxylic acids is 3. The van der Waals surface area contributed by atoms with E-state index in [4.69, 9.17) is 5.11 Å². The second-order valence-electron chi connectivity index (χ2n) is 2.76. The molecule has 0 aromatic heterocycles. The Morgan fingerprint density at radius 1 is 1.13 bits per heavy atom. The van der Waals surface area contributed by atoms with E-state index >= 15 is 0 Å². The number of rotatable bonds is 4. The molecule has 88 valence electrons. The van der Waals surface area contributed by atoms with Gasteiger partial charge in [-0.15, -0.1) is 0 Å². The Bertz CT molecular complexity index is 225. The fourth-order valence-electron chi connectivity index (χ4n) is 0.622. The lowest BCUT2D eigenvalue weighted by molar-refractivity contribution is -0.144. The molecule has 0 aromatic carbocycles. The second-order valence-corrected chi connectivity index (χ2v) is 2.76. The first kappa shape index (κ1) is 16.0. The third-order valence-corrected chi connectivity index (χ3v) is 1.42. The molecule has 0 aromatic rings. The van der Waals surface area contributed by atoms with Crippen molar-refractivity contribution in [2.45, 2.75) is 12.8 Å². The van der Waals surface area contributed by atoms with Crippen LogP contribution in [-0.4, -0.2) is 56.0 Å². The van der Waals surface area contributed by atoms with Crippen LogP contribution in [0, 0.1) is 0 Å². The van der Waals surface area contributed by atoms with Crippen molar-refractivity contribution in [1.29, 1.82) is 0 Å². The maximum atomic E-state index is 11.0. The summed E-state index contributed by atoms with van der Waals surface area (Å²) in [5.74, 6) is -1.35. The molecular weight excluding hydrogens is 202 g/mol. The number of hydrogen-bond acceptors (Lipinski definition) is 5. The van der Waals surface area contributed by atoms with E-state index < -0.39 is 11.8 Å². The van der Waals surface area contributed by atoms with Gasteiger partial charge in [-0.2, -0.15) is 0 Å². The van der Waals surface area contributed by atoms with Crippen LogP contribution < -0.4 is 0 Å². The molecule has 1 amide bonds. The van der Waals surface area contributed by atoms with Crippen molar-refractivity contribution < 1.29 is 24.2 Å². The number of ether oxygens (including phenoxy) is 1. The van der Waals surface area contributed by atoms with Crippen molar-refractivity contribution in [3.63, 3.8) is 0 Å². The summed E-state index contributed by atoms with van der Waals surface area (Å²) in [6.07, 6.45) is -0.585. The minimum atomic E-state index is -0.614. The first-order valence-electron chi connectivity index (χ1n) is 4.20. The summed E-state index contributed by atoms with van der Waals surface area (Å²) in [4.78, 5) is 33.9. The highest BCUT2D eigenvalue weighted by Crippen LogP contribution is 1.95. The van der Waals surface area contributed by atoms with Crippen molar-refractivity contribution in [3.8, 4) is 0 Å². The molecule has 0 radical (unpaired) electrons. The SMILES string of the molecule is CO.COC(=O)CC(=O)CC(=O)N(C)C. The van der Waals surface area contributed by atoms with Crippen molar-refractivity contribution in [2.24, 2.45) is 0 Å². The number of hydrogen-bond donors (Lipinski definition) is 1. The highest BCUT2D eigenvalue weighted by atomic mass is 16.5. The molecule has 0 atom stereocenters. The van der Waals surface area contributed by atoms with Gasteiger partial charge in [0.05, 0.1) is 13.5 Å². The van der Waals surface area contributed by atoms with Gasteiger partial charge >= 0.3 is 5.97 Å². The van der Waals surface area contributed by atoms with Gasteiger partial charge in [-0.3, -0.25) is 14.4 Å². The van der Waals surface area contributed by atoms with Gasteiger partial charge in [0.2, 0.25) is 5.91 Å². The van der Waals surface area contributed by atoms with Gasteiger partial charge in [0.25, 0.3) is 0 Å². The van der Waals surface area contributed by atoms with Crippen LogP contribution in [-0.2, 0) is 19.1 Å². The summed E-state index contributed by atoms with van der Waals surface area (Å²) in [7, 11) is 5.30. The predicted octanol–water partition coefficient (Wildman–Crippen LogP) is -0.795. The largest absolute Gasteiger partial charge is 0.469 e. The van der Waals surface area contributed by atoms with Gasteiger partial charge in [0.1, 0.15) is 6.42 Å². The van der Waals surface area contributed by atoms with Crippen LogP contribution in [0.5, 0.6) is 0 Å². The summed E-state index contributed by atoms with van der Waals surface area (Å²) in [6.45, 7) is 0. The lowest BCUT2D eigenvalue weighted by Gasteiger charge is -2.08. The zero-order chi connectivity index (χ0) is 12.4. The summed E-state index contributed by atoms with van der Waals surface area (Å²) in [5, 5.41) is 7.00. The number of ketones is 1. The van der Waals surface area contributed by atoms with Crippen LogP contribution in [0.3, 0.4) is 0 Å². The van der Waals surface area contributed by atoms with Gasteiger partial charge < -0.3 is 14.7 Å². The van der Waals surface area contributed by atoms with Crippen molar-refractivity contribution >= 4 is 17.7 Å². The van der Waals surface area contributed by atoms with Crippen LogP contribution in [0.1, 0.15) is 12.8 Å². The summed E-state index contributed by atoms with van der Waals surface area (Å²) in [6, 6.07) is 0. The molecule has 0 aliphatic carbocycles. The Hall–Kier alpha value is -1.43. The average Bonchev–Trinajstić information content (AvgIpc) is 2.20. The third-order valence-electron chi connectivity index (χ3n) is 1.42. The number of amides is 1. The standard InChI is InChI=1S/C8H13NO4.CH4O/c1-9(2)7(11)4-6(10)5-8(12)13-3;1-2/h4-5H2,1-3H3;2H,1H3. The lowest BCUT2D eigenvalue weighted by atomic mass is 10.2. The Morgan fingerprint density at radius 3 is 1.93 bits per heavy atom. The summed E-state index contributed by atoms with van der Waals surface area (Å²) >= 11 is 0. The number of esters is 1. The molecule has 0 bridgehead atoms. The van der Waals surface area contributed by atoms with Gasteiger partial charge in [-0.05, 0) is 0 Å². The Morgan fingerprint density at radius 2 is 1.60 bits per heavy atom. The first-order chi connectivity index (χ1) is 6.97. The first-order valence-corrected chi connectivity index (χ1v) is 4.20. The molecule has 0 saturated heterocycles. The van der Waals surface area contributed by atoms with Gasteiger partial charge in [-0.25, -0.2) is 0 Å². The lowest BCUT2D eigenvalue weighted by Crippen LogP contribution is -2.25. The van der Waals surface area contributed by atoms with Crippen molar-refractivity contribution in [3.05, 3.63) is 0 Å². The molecule has 0 unspecified atom stereocenters. The minimum absolute atomic E-state index is 0.248. The topological polar surface area (TPSA) is 83.9 Å². The van der Waals surface area contributed by atoms with Crippen LogP contribution in [0.2, 0.25) is 0 Å². The van der Waals surface area contributed by atoms with E-state index in [1.165, 1.54) is 12.0 Å². The molecule has 0 aliphatic heterocycles. The quantitative estimate of drug-likeness (QED) is 0.494. The number of nitrogens with zero attached hydrogens (tertiary/aromatic N) is 1. The Labute approximate surface area is 88.8 Å². The van der Waals surface area contributed by atoms with E-state index in [1.807, 2.05) is 0 Å². The van der Waals surface area contributed by atoms with Crippen LogP contribution >= 0.6 is 0 Å². The molecular formula is C9H17NO5. The van der Waals surface area contributed by atoms with E-state index in [-0.39, 0.29) is 18.7 Å². The monoisotopic (exact) mass is 219 g/mol. The van der Waals surface area contributed by atoms with E-state index in [0.717, 1.165) is 7.11 Å². The number of aliphatic hydroxyl groups is 1. The van der Waals surface area contributed by atoms with Gasteiger partial charge in [-0.1, -0.05) is 0 Å². The molecule has 15 heavy (non-hydrogen) atoms. The predicted molar refractivity (Wildman–Crippen MR) is 53.1 cm³/mol. The highest BCUT2D eigenvalue weighted by molar-refractivity contribution is 6.04. The van der Waals surface area contributed by atoms with E-state index in [2.05, 4.69) is 4.74 Å². The average molecular weight is 219 g/mol. The zero-order valence-electron chi connectivity index (χ0n) is 9.44.